The van der Waals surface area contributed by atoms with Gasteiger partial charge in [-0.25, -0.2) is 4.98 Å². The second kappa shape index (κ2) is 7.08. The molecule has 0 spiro atoms. The van der Waals surface area contributed by atoms with Gasteiger partial charge < -0.3 is 9.80 Å². The molecule has 4 nitrogen and oxygen atoms in total. The first kappa shape index (κ1) is 17.0. The molecule has 134 valence electrons. The fraction of sp³-hybridized carbons (Fsp3) is 0.333. The fourth-order valence-electron chi connectivity index (χ4n) is 3.37. The van der Waals surface area contributed by atoms with Gasteiger partial charge >= 0.3 is 0 Å². The summed E-state index contributed by atoms with van der Waals surface area (Å²) in [6.45, 7) is 7.33. The van der Waals surface area contributed by atoms with Crippen molar-refractivity contribution < 1.29 is 4.79 Å². The molecule has 26 heavy (non-hydrogen) atoms. The minimum absolute atomic E-state index is 0.130. The van der Waals surface area contributed by atoms with Crippen molar-refractivity contribution in [3.05, 3.63) is 59.2 Å². The molecule has 1 aliphatic rings. The van der Waals surface area contributed by atoms with Crippen molar-refractivity contribution in [1.82, 2.24) is 9.88 Å². The van der Waals surface area contributed by atoms with E-state index < -0.39 is 0 Å². The average molecular weight is 366 g/mol. The number of aromatic nitrogens is 1. The summed E-state index contributed by atoms with van der Waals surface area (Å²) in [5, 5.41) is 1.07. The van der Waals surface area contributed by atoms with E-state index in [1.165, 1.54) is 10.3 Å². The van der Waals surface area contributed by atoms with E-state index in [4.69, 9.17) is 4.98 Å². The molecule has 4 rings (SSSR count). The summed E-state index contributed by atoms with van der Waals surface area (Å²) in [5.74, 6) is 0.130. The van der Waals surface area contributed by atoms with Crippen molar-refractivity contribution in [3.8, 4) is 0 Å². The molecule has 0 atom stereocenters. The first-order valence-corrected chi connectivity index (χ1v) is 9.96. The summed E-state index contributed by atoms with van der Waals surface area (Å²) in [6, 6.07) is 14.4. The van der Waals surface area contributed by atoms with Crippen molar-refractivity contribution in [2.24, 2.45) is 0 Å². The molecule has 2 aromatic carbocycles. The third-order valence-corrected chi connectivity index (χ3v) is 6.03. The Morgan fingerprint density at radius 3 is 2.65 bits per heavy atom. The van der Waals surface area contributed by atoms with E-state index in [-0.39, 0.29) is 5.91 Å². The maximum Gasteiger partial charge on any atom is 0.253 e. The number of nitrogens with zero attached hydrogens (tertiary/aromatic N) is 3. The Bertz CT molecular complexity index is 941. The number of hydrogen-bond acceptors (Lipinski definition) is 4. The Hall–Kier alpha value is -2.40. The number of piperazine rings is 1. The van der Waals surface area contributed by atoms with Gasteiger partial charge in [-0.05, 0) is 43.2 Å². The Balaban J connectivity index is 1.45. The average Bonchev–Trinajstić information content (AvgIpc) is 3.10. The zero-order valence-electron chi connectivity index (χ0n) is 15.2. The lowest BCUT2D eigenvalue weighted by atomic mass is 10.1. The molecule has 0 N–H and O–H groups in total. The van der Waals surface area contributed by atoms with Gasteiger partial charge in [0, 0.05) is 31.7 Å². The predicted molar refractivity (Wildman–Crippen MR) is 108 cm³/mol. The van der Waals surface area contributed by atoms with Crippen molar-refractivity contribution in [1.29, 1.82) is 0 Å². The van der Waals surface area contributed by atoms with Crippen LogP contribution in [0.15, 0.2) is 42.5 Å². The third-order valence-electron chi connectivity index (χ3n) is 4.95. The van der Waals surface area contributed by atoms with Gasteiger partial charge in [-0.3, -0.25) is 4.79 Å². The largest absolute Gasteiger partial charge is 0.345 e. The molecule has 1 fully saturated rings. The molecule has 5 heteroatoms. The van der Waals surface area contributed by atoms with Crippen LogP contribution in [0.4, 0.5) is 5.13 Å². The molecule has 3 aromatic rings. The molecule has 1 aromatic heterocycles. The molecule has 0 aliphatic carbocycles. The molecular formula is C21H23N3OS. The summed E-state index contributed by atoms with van der Waals surface area (Å²) in [7, 11) is 0. The highest BCUT2D eigenvalue weighted by Gasteiger charge is 2.24. The molecule has 0 radical (unpaired) electrons. The van der Waals surface area contributed by atoms with Crippen LogP contribution in [0.2, 0.25) is 0 Å². The van der Waals surface area contributed by atoms with Gasteiger partial charge in [0.2, 0.25) is 0 Å². The minimum atomic E-state index is 0.130. The van der Waals surface area contributed by atoms with Gasteiger partial charge in [0.1, 0.15) is 0 Å². The van der Waals surface area contributed by atoms with E-state index in [9.17, 15) is 4.79 Å². The SMILES string of the molecule is CCc1ccc2nc(N3CCN(C(=O)c4cccc(C)c4)CC3)sc2c1. The third kappa shape index (κ3) is 3.31. The second-order valence-corrected chi connectivity index (χ2v) is 7.81. The zero-order valence-corrected chi connectivity index (χ0v) is 16.1. The predicted octanol–water partition coefficient (Wildman–Crippen LogP) is 4.13. The standard InChI is InChI=1S/C21H23N3OS/c1-3-16-7-8-18-19(14-16)26-21(22-18)24-11-9-23(10-12-24)20(25)17-6-4-5-15(2)13-17/h4-8,13-14H,3,9-12H2,1-2H3. The number of rotatable bonds is 3. The van der Waals surface area contributed by atoms with Crippen LogP contribution in [0.1, 0.15) is 28.4 Å². The highest BCUT2D eigenvalue weighted by atomic mass is 32.1. The maximum atomic E-state index is 12.7. The number of thiazole rings is 1. The monoisotopic (exact) mass is 365 g/mol. The quantitative estimate of drug-likeness (QED) is 0.700. The Labute approximate surface area is 158 Å². The maximum absolute atomic E-state index is 12.7. The van der Waals surface area contributed by atoms with Gasteiger partial charge in [-0.15, -0.1) is 0 Å². The van der Waals surface area contributed by atoms with Crippen LogP contribution in [0.5, 0.6) is 0 Å². The lowest BCUT2D eigenvalue weighted by Crippen LogP contribution is -2.48. The number of aryl methyl sites for hydroxylation is 2. The number of benzene rings is 2. The summed E-state index contributed by atoms with van der Waals surface area (Å²) in [5.41, 5.74) is 4.32. The van der Waals surface area contributed by atoms with Crippen LogP contribution in [0.3, 0.4) is 0 Å². The normalized spacial score (nSPS) is 14.8. The smallest absolute Gasteiger partial charge is 0.253 e. The number of anilines is 1. The van der Waals surface area contributed by atoms with Crippen molar-refractivity contribution in [2.75, 3.05) is 31.1 Å². The topological polar surface area (TPSA) is 36.4 Å². The van der Waals surface area contributed by atoms with E-state index in [2.05, 4.69) is 30.0 Å². The first-order chi connectivity index (χ1) is 12.6. The van der Waals surface area contributed by atoms with E-state index >= 15 is 0 Å². The highest BCUT2D eigenvalue weighted by molar-refractivity contribution is 7.22. The summed E-state index contributed by atoms with van der Waals surface area (Å²) in [4.78, 5) is 21.7. The second-order valence-electron chi connectivity index (χ2n) is 6.80. The van der Waals surface area contributed by atoms with Crippen LogP contribution in [-0.2, 0) is 6.42 Å². The van der Waals surface area contributed by atoms with Gasteiger partial charge in [0.25, 0.3) is 5.91 Å². The first-order valence-electron chi connectivity index (χ1n) is 9.14. The molecule has 2 heterocycles. The molecule has 0 saturated carbocycles. The number of fused-ring (bicyclic) bond motifs is 1. The van der Waals surface area contributed by atoms with Crippen LogP contribution in [0.25, 0.3) is 10.2 Å². The van der Waals surface area contributed by atoms with Gasteiger partial charge in [-0.1, -0.05) is 42.0 Å². The highest BCUT2D eigenvalue weighted by Crippen LogP contribution is 2.30. The van der Waals surface area contributed by atoms with Crippen molar-refractivity contribution >= 4 is 32.6 Å². The number of hydrogen-bond donors (Lipinski definition) is 0. The molecule has 1 amide bonds. The lowest BCUT2D eigenvalue weighted by Gasteiger charge is -2.34. The van der Waals surface area contributed by atoms with E-state index in [0.717, 1.165) is 54.4 Å². The van der Waals surface area contributed by atoms with Crippen LogP contribution < -0.4 is 4.90 Å². The van der Waals surface area contributed by atoms with E-state index in [1.54, 1.807) is 11.3 Å². The number of carbonyl (C=O) groups excluding carboxylic acids is 1. The van der Waals surface area contributed by atoms with Gasteiger partial charge in [0.05, 0.1) is 10.2 Å². The molecular weight excluding hydrogens is 342 g/mol. The summed E-state index contributed by atoms with van der Waals surface area (Å²) in [6.07, 6.45) is 1.04. The summed E-state index contributed by atoms with van der Waals surface area (Å²) < 4.78 is 1.25. The van der Waals surface area contributed by atoms with Crippen molar-refractivity contribution in [2.45, 2.75) is 20.3 Å². The molecule has 0 bridgehead atoms. The number of amides is 1. The van der Waals surface area contributed by atoms with Crippen LogP contribution in [-0.4, -0.2) is 42.0 Å². The molecule has 0 unspecified atom stereocenters. The van der Waals surface area contributed by atoms with Crippen molar-refractivity contribution in [3.63, 3.8) is 0 Å². The Kier molecular flexibility index (Phi) is 4.64. The van der Waals surface area contributed by atoms with E-state index in [1.807, 2.05) is 36.1 Å². The van der Waals surface area contributed by atoms with Gasteiger partial charge in [0.15, 0.2) is 5.13 Å². The number of carbonyl (C=O) groups is 1. The van der Waals surface area contributed by atoms with Crippen LogP contribution in [0, 0.1) is 6.92 Å². The van der Waals surface area contributed by atoms with Gasteiger partial charge in [-0.2, -0.15) is 0 Å². The Morgan fingerprint density at radius 2 is 1.92 bits per heavy atom. The molecule has 1 saturated heterocycles. The van der Waals surface area contributed by atoms with Crippen LogP contribution >= 0.6 is 11.3 Å². The zero-order chi connectivity index (χ0) is 18.1. The minimum Gasteiger partial charge on any atom is -0.345 e. The fourth-order valence-corrected chi connectivity index (χ4v) is 4.45. The lowest BCUT2D eigenvalue weighted by molar-refractivity contribution is 0.0746. The van der Waals surface area contributed by atoms with E-state index in [0.29, 0.717) is 0 Å². The molecule has 1 aliphatic heterocycles. The Morgan fingerprint density at radius 1 is 1.12 bits per heavy atom. The summed E-state index contributed by atoms with van der Waals surface area (Å²) >= 11 is 1.75.